The van der Waals surface area contributed by atoms with Gasteiger partial charge in [0, 0.05) is 16.2 Å². The summed E-state index contributed by atoms with van der Waals surface area (Å²) in [6.07, 6.45) is -1.44. The summed E-state index contributed by atoms with van der Waals surface area (Å²) >= 11 is 1.75. The van der Waals surface area contributed by atoms with Gasteiger partial charge in [-0.05, 0) is 56.5 Å². The van der Waals surface area contributed by atoms with Gasteiger partial charge in [-0.2, -0.15) is 0 Å². The van der Waals surface area contributed by atoms with Gasteiger partial charge in [0.05, 0.1) is 0 Å². The van der Waals surface area contributed by atoms with Crippen LogP contribution in [0.2, 0.25) is 0 Å². The molecule has 0 amide bonds. The zero-order chi connectivity index (χ0) is 20.0. The molecule has 2 N–H and O–H groups in total. The Balaban J connectivity index is 1.88. The topological polar surface area (TPSA) is 49.3 Å². The van der Waals surface area contributed by atoms with E-state index in [1.165, 1.54) is 15.3 Å². The first-order valence-corrected chi connectivity index (χ1v) is 9.99. The number of halogens is 2. The number of hydrogen-bond acceptors (Lipinski definition) is 4. The number of Topliss-reactive ketones (excluding diaryl/α,β-unsaturated/α-hetero) is 1. The molecular formula is C21H27F2NO2S. The number of aliphatic hydroxyl groups is 1. The van der Waals surface area contributed by atoms with E-state index in [0.717, 1.165) is 18.9 Å². The molecule has 0 aliphatic heterocycles. The van der Waals surface area contributed by atoms with E-state index in [-0.39, 0.29) is 6.42 Å². The molecule has 0 aliphatic carbocycles. The van der Waals surface area contributed by atoms with Gasteiger partial charge in [-0.1, -0.05) is 31.2 Å². The van der Waals surface area contributed by atoms with Crippen molar-refractivity contribution in [3.8, 4) is 10.4 Å². The summed E-state index contributed by atoms with van der Waals surface area (Å²) in [6, 6.07) is 11.2. The van der Waals surface area contributed by atoms with Gasteiger partial charge < -0.3 is 10.4 Å². The van der Waals surface area contributed by atoms with Crippen LogP contribution in [0.25, 0.3) is 10.4 Å². The van der Waals surface area contributed by atoms with E-state index < -0.39 is 23.9 Å². The second kappa shape index (κ2) is 9.53. The molecule has 1 aromatic heterocycles. The third-order valence-corrected chi connectivity index (χ3v) is 5.72. The van der Waals surface area contributed by atoms with Gasteiger partial charge in [-0.15, -0.1) is 11.3 Å². The van der Waals surface area contributed by atoms with Crippen LogP contribution < -0.4 is 5.32 Å². The molecule has 0 bridgehead atoms. The van der Waals surface area contributed by atoms with E-state index in [9.17, 15) is 18.7 Å². The number of carbonyl (C=O) groups excluding carboxylic acids is 1. The Labute approximate surface area is 163 Å². The second-order valence-electron chi connectivity index (χ2n) is 6.94. The van der Waals surface area contributed by atoms with Gasteiger partial charge in [-0.3, -0.25) is 4.79 Å². The fourth-order valence-electron chi connectivity index (χ4n) is 2.94. The Bertz CT molecular complexity index is 741. The minimum Gasteiger partial charge on any atom is -0.382 e. The molecule has 148 valence electrons. The van der Waals surface area contributed by atoms with Gasteiger partial charge in [0.2, 0.25) is 0 Å². The van der Waals surface area contributed by atoms with E-state index >= 15 is 0 Å². The van der Waals surface area contributed by atoms with Crippen LogP contribution in [0, 0.1) is 6.92 Å². The Morgan fingerprint density at radius 1 is 1.22 bits per heavy atom. The maximum Gasteiger partial charge on any atom is 0.268 e. The molecule has 1 heterocycles. The molecule has 0 unspecified atom stereocenters. The number of nitrogens with one attached hydrogen (secondary N) is 1. The predicted octanol–water partition coefficient (Wildman–Crippen LogP) is 4.61. The van der Waals surface area contributed by atoms with Crippen LogP contribution in [-0.4, -0.2) is 35.5 Å². The maximum absolute atomic E-state index is 13.1. The van der Waals surface area contributed by atoms with Gasteiger partial charge in [-0.25, -0.2) is 8.78 Å². The van der Waals surface area contributed by atoms with Crippen LogP contribution in [0.5, 0.6) is 0 Å². The van der Waals surface area contributed by atoms with Crippen molar-refractivity contribution in [3.63, 3.8) is 0 Å². The van der Waals surface area contributed by atoms with Crippen LogP contribution in [-0.2, 0) is 11.2 Å². The molecule has 1 aromatic carbocycles. The second-order valence-corrected chi connectivity index (χ2v) is 8.23. The third-order valence-electron chi connectivity index (χ3n) is 4.67. The fourth-order valence-corrected chi connectivity index (χ4v) is 3.81. The number of ketones is 1. The standard InChI is InChI=1S/C21H27F2NO2S/c1-4-17(25)19(21(3,26)20(22)23)24-13-5-6-15-8-10-16(11-9-15)18-12-7-14(2)27-18/h7-12,19-20,24,26H,4-6,13H2,1-3H3/t19-,21+/m1/s1. The molecule has 0 fully saturated rings. The van der Waals surface area contributed by atoms with Crippen molar-refractivity contribution >= 4 is 17.1 Å². The number of hydrogen-bond donors (Lipinski definition) is 2. The van der Waals surface area contributed by atoms with Crippen molar-refractivity contribution in [2.75, 3.05) is 6.54 Å². The zero-order valence-electron chi connectivity index (χ0n) is 16.0. The highest BCUT2D eigenvalue weighted by Gasteiger charge is 2.43. The lowest BCUT2D eigenvalue weighted by Crippen LogP contribution is -2.57. The lowest BCUT2D eigenvalue weighted by atomic mass is 9.92. The maximum atomic E-state index is 13.1. The highest BCUT2D eigenvalue weighted by molar-refractivity contribution is 7.15. The SMILES string of the molecule is CCC(=O)[C@@H](NCCCc1ccc(-c2ccc(C)s2)cc1)[C@](C)(O)C(F)F. The predicted molar refractivity (Wildman–Crippen MR) is 107 cm³/mol. The van der Waals surface area contributed by atoms with Crippen molar-refractivity contribution in [1.29, 1.82) is 0 Å². The van der Waals surface area contributed by atoms with E-state index in [1.807, 2.05) is 0 Å². The summed E-state index contributed by atoms with van der Waals surface area (Å²) in [4.78, 5) is 14.5. The van der Waals surface area contributed by atoms with Crippen LogP contribution in [0.1, 0.15) is 37.1 Å². The highest BCUT2D eigenvalue weighted by atomic mass is 32.1. The zero-order valence-corrected chi connectivity index (χ0v) is 16.8. The Morgan fingerprint density at radius 3 is 2.41 bits per heavy atom. The van der Waals surface area contributed by atoms with Crippen LogP contribution in [0.4, 0.5) is 8.78 Å². The largest absolute Gasteiger partial charge is 0.382 e. The molecule has 2 atom stereocenters. The van der Waals surface area contributed by atoms with Crippen molar-refractivity contribution in [2.45, 2.75) is 58.1 Å². The molecule has 0 radical (unpaired) electrons. The normalized spacial score (nSPS) is 14.9. The van der Waals surface area contributed by atoms with Crippen LogP contribution in [0.15, 0.2) is 36.4 Å². The number of carbonyl (C=O) groups is 1. The van der Waals surface area contributed by atoms with Gasteiger partial charge in [0.15, 0.2) is 5.78 Å². The summed E-state index contributed by atoms with van der Waals surface area (Å²) in [5.41, 5.74) is -0.0440. The summed E-state index contributed by atoms with van der Waals surface area (Å²) in [6.45, 7) is 5.08. The summed E-state index contributed by atoms with van der Waals surface area (Å²) in [7, 11) is 0. The molecule has 0 aliphatic rings. The monoisotopic (exact) mass is 395 g/mol. The molecule has 3 nitrogen and oxygen atoms in total. The summed E-state index contributed by atoms with van der Waals surface area (Å²) in [5, 5.41) is 12.8. The summed E-state index contributed by atoms with van der Waals surface area (Å²) < 4.78 is 26.1. The average Bonchev–Trinajstić information content (AvgIpc) is 3.07. The Hall–Kier alpha value is -1.63. The quantitative estimate of drug-likeness (QED) is 0.578. The molecular weight excluding hydrogens is 368 g/mol. The van der Waals surface area contributed by atoms with E-state index in [4.69, 9.17) is 0 Å². The highest BCUT2D eigenvalue weighted by Crippen LogP contribution is 2.28. The number of aryl methyl sites for hydroxylation is 2. The molecule has 0 saturated heterocycles. The number of benzene rings is 1. The smallest absolute Gasteiger partial charge is 0.268 e. The van der Waals surface area contributed by atoms with E-state index in [0.29, 0.717) is 13.0 Å². The first kappa shape index (κ1) is 21.7. The molecule has 0 spiro atoms. The van der Waals surface area contributed by atoms with Crippen LogP contribution >= 0.6 is 11.3 Å². The lowest BCUT2D eigenvalue weighted by molar-refractivity contribution is -0.141. The molecule has 27 heavy (non-hydrogen) atoms. The van der Waals surface area contributed by atoms with Crippen LogP contribution in [0.3, 0.4) is 0 Å². The van der Waals surface area contributed by atoms with E-state index in [1.54, 1.807) is 18.3 Å². The van der Waals surface area contributed by atoms with Crippen molar-refractivity contribution in [3.05, 3.63) is 46.8 Å². The number of thiophene rings is 1. The van der Waals surface area contributed by atoms with Gasteiger partial charge >= 0.3 is 0 Å². The Kier molecular flexibility index (Phi) is 7.65. The third kappa shape index (κ3) is 5.67. The fraction of sp³-hybridized carbons (Fsp3) is 0.476. The molecule has 0 saturated carbocycles. The molecule has 2 rings (SSSR count). The first-order chi connectivity index (χ1) is 12.8. The number of alkyl halides is 2. The number of rotatable bonds is 10. The summed E-state index contributed by atoms with van der Waals surface area (Å²) in [5.74, 6) is -0.407. The first-order valence-electron chi connectivity index (χ1n) is 9.18. The molecule has 2 aromatic rings. The van der Waals surface area contributed by atoms with Crippen molar-refractivity contribution in [1.82, 2.24) is 5.32 Å². The average molecular weight is 396 g/mol. The minimum atomic E-state index is -2.99. The minimum absolute atomic E-state index is 0.101. The van der Waals surface area contributed by atoms with Crippen molar-refractivity contribution in [2.24, 2.45) is 0 Å². The lowest BCUT2D eigenvalue weighted by Gasteiger charge is -2.31. The van der Waals surface area contributed by atoms with Gasteiger partial charge in [0.25, 0.3) is 6.43 Å². The molecule has 6 heteroatoms. The van der Waals surface area contributed by atoms with E-state index in [2.05, 4.69) is 48.6 Å². The Morgan fingerprint density at radius 2 is 1.89 bits per heavy atom. The van der Waals surface area contributed by atoms with Crippen molar-refractivity contribution < 1.29 is 18.7 Å². The van der Waals surface area contributed by atoms with Gasteiger partial charge in [0.1, 0.15) is 11.6 Å².